The topological polar surface area (TPSA) is 46.6 Å². The van der Waals surface area contributed by atoms with Crippen LogP contribution in [-0.4, -0.2) is 26.8 Å². The van der Waals surface area contributed by atoms with Gasteiger partial charge in [0.2, 0.25) is 10.0 Å². The highest BCUT2D eigenvalue weighted by Crippen LogP contribution is 2.32. The van der Waals surface area contributed by atoms with Crippen molar-refractivity contribution in [1.82, 2.24) is 0 Å². The second-order valence-corrected chi connectivity index (χ2v) is 5.94. The molecule has 16 heavy (non-hydrogen) atoms. The Morgan fingerprint density at radius 3 is 2.88 bits per heavy atom. The van der Waals surface area contributed by atoms with Gasteiger partial charge in [-0.25, -0.2) is 8.42 Å². The summed E-state index contributed by atoms with van der Waals surface area (Å²) in [5.74, 6) is 0.591. The van der Waals surface area contributed by atoms with Crippen LogP contribution in [0.2, 0.25) is 0 Å². The zero-order valence-electron chi connectivity index (χ0n) is 8.60. The molecular formula is C10H12ClNO3S. The van der Waals surface area contributed by atoms with Gasteiger partial charge in [0.1, 0.15) is 11.0 Å². The van der Waals surface area contributed by atoms with Crippen LogP contribution in [0.25, 0.3) is 0 Å². The standard InChI is InChI=1S/C10H12ClNO3S/c11-8-16(13,14)12-6-3-7-15-10-5-2-1-4-9(10)12/h1-2,4-5H,3,6-8H2. The van der Waals surface area contributed by atoms with Crippen LogP contribution >= 0.6 is 11.6 Å². The zero-order chi connectivity index (χ0) is 11.6. The van der Waals surface area contributed by atoms with Crippen LogP contribution in [0.1, 0.15) is 6.42 Å². The molecule has 6 heteroatoms. The number of hydrogen-bond donors (Lipinski definition) is 0. The van der Waals surface area contributed by atoms with Crippen LogP contribution in [0.3, 0.4) is 0 Å². The molecule has 1 aliphatic heterocycles. The monoisotopic (exact) mass is 261 g/mol. The first kappa shape index (κ1) is 11.5. The summed E-state index contributed by atoms with van der Waals surface area (Å²) < 4.78 is 30.4. The molecule has 0 bridgehead atoms. The molecule has 88 valence electrons. The van der Waals surface area contributed by atoms with Gasteiger partial charge in [-0.2, -0.15) is 0 Å². The predicted octanol–water partition coefficient (Wildman–Crippen LogP) is 1.80. The molecule has 2 rings (SSSR count). The van der Waals surface area contributed by atoms with Crippen molar-refractivity contribution in [1.29, 1.82) is 0 Å². The molecule has 0 aliphatic carbocycles. The van der Waals surface area contributed by atoms with Gasteiger partial charge in [-0.15, -0.1) is 11.6 Å². The minimum Gasteiger partial charge on any atom is -0.491 e. The van der Waals surface area contributed by atoms with Gasteiger partial charge in [-0.05, 0) is 12.1 Å². The van der Waals surface area contributed by atoms with Crippen LogP contribution in [0.5, 0.6) is 5.75 Å². The summed E-state index contributed by atoms with van der Waals surface area (Å²) in [4.78, 5) is 0. The number of hydrogen-bond acceptors (Lipinski definition) is 3. The number of nitrogens with zero attached hydrogens (tertiary/aromatic N) is 1. The lowest BCUT2D eigenvalue weighted by atomic mass is 10.3. The summed E-state index contributed by atoms with van der Waals surface area (Å²) in [6.07, 6.45) is 0.658. The second-order valence-electron chi connectivity index (χ2n) is 3.46. The van der Waals surface area contributed by atoms with Crippen LogP contribution in [-0.2, 0) is 10.0 Å². The first-order valence-corrected chi connectivity index (χ1v) is 7.08. The number of fused-ring (bicyclic) bond motifs is 1. The van der Waals surface area contributed by atoms with Gasteiger partial charge in [-0.1, -0.05) is 12.1 Å². The lowest BCUT2D eigenvalue weighted by Gasteiger charge is -2.21. The maximum Gasteiger partial charge on any atom is 0.249 e. The van der Waals surface area contributed by atoms with E-state index >= 15 is 0 Å². The maximum absolute atomic E-state index is 11.8. The van der Waals surface area contributed by atoms with Crippen molar-refractivity contribution >= 4 is 27.3 Å². The summed E-state index contributed by atoms with van der Waals surface area (Å²) in [6, 6.07) is 7.09. The Balaban J connectivity index is 2.48. The molecule has 0 radical (unpaired) electrons. The van der Waals surface area contributed by atoms with Gasteiger partial charge < -0.3 is 4.74 Å². The molecule has 0 atom stereocenters. The number of para-hydroxylation sites is 2. The van der Waals surface area contributed by atoms with Gasteiger partial charge in [0, 0.05) is 13.0 Å². The van der Waals surface area contributed by atoms with E-state index in [1.807, 2.05) is 6.07 Å². The highest BCUT2D eigenvalue weighted by atomic mass is 35.5. The fourth-order valence-corrected chi connectivity index (χ4v) is 2.97. The first-order valence-electron chi connectivity index (χ1n) is 4.93. The van der Waals surface area contributed by atoms with Crippen LogP contribution in [0.4, 0.5) is 5.69 Å². The number of sulfonamides is 1. The van der Waals surface area contributed by atoms with Crippen molar-refractivity contribution < 1.29 is 13.2 Å². The van der Waals surface area contributed by atoms with Crippen molar-refractivity contribution in [3.05, 3.63) is 24.3 Å². The fraction of sp³-hybridized carbons (Fsp3) is 0.400. The Labute approximate surface area is 99.8 Å². The van der Waals surface area contributed by atoms with E-state index in [-0.39, 0.29) is 0 Å². The normalized spacial score (nSPS) is 16.2. The predicted molar refractivity (Wildman–Crippen MR) is 63.5 cm³/mol. The largest absolute Gasteiger partial charge is 0.491 e. The van der Waals surface area contributed by atoms with E-state index in [1.165, 1.54) is 4.31 Å². The van der Waals surface area contributed by atoms with E-state index in [1.54, 1.807) is 18.2 Å². The molecule has 0 fully saturated rings. The molecule has 1 aromatic rings. The lowest BCUT2D eigenvalue weighted by molar-refractivity contribution is 0.322. The molecule has 0 unspecified atom stereocenters. The fourth-order valence-electron chi connectivity index (χ4n) is 1.64. The summed E-state index contributed by atoms with van der Waals surface area (Å²) in [6.45, 7) is 0.928. The molecule has 1 aliphatic rings. The molecular weight excluding hydrogens is 250 g/mol. The van der Waals surface area contributed by atoms with E-state index in [2.05, 4.69) is 0 Å². The Morgan fingerprint density at radius 2 is 2.12 bits per heavy atom. The third-order valence-corrected chi connectivity index (χ3v) is 4.52. The molecule has 0 N–H and O–H groups in total. The third-order valence-electron chi connectivity index (χ3n) is 2.37. The molecule has 1 aromatic carbocycles. The molecule has 0 aromatic heterocycles. The Kier molecular flexibility index (Phi) is 3.25. The van der Waals surface area contributed by atoms with Crippen LogP contribution in [0.15, 0.2) is 24.3 Å². The lowest BCUT2D eigenvalue weighted by Crippen LogP contribution is -2.32. The van der Waals surface area contributed by atoms with Crippen molar-refractivity contribution in [2.24, 2.45) is 0 Å². The molecule has 0 spiro atoms. The maximum atomic E-state index is 11.8. The number of alkyl halides is 1. The number of benzene rings is 1. The Hall–Kier alpha value is -0.940. The van der Waals surface area contributed by atoms with Crippen molar-refractivity contribution in [2.45, 2.75) is 6.42 Å². The average molecular weight is 262 g/mol. The van der Waals surface area contributed by atoms with Gasteiger partial charge in [0.25, 0.3) is 0 Å². The van der Waals surface area contributed by atoms with E-state index in [9.17, 15) is 8.42 Å². The smallest absolute Gasteiger partial charge is 0.249 e. The van der Waals surface area contributed by atoms with E-state index < -0.39 is 15.2 Å². The number of rotatable bonds is 2. The van der Waals surface area contributed by atoms with E-state index in [4.69, 9.17) is 16.3 Å². The van der Waals surface area contributed by atoms with Gasteiger partial charge in [-0.3, -0.25) is 4.31 Å². The van der Waals surface area contributed by atoms with Crippen molar-refractivity contribution in [2.75, 3.05) is 22.7 Å². The minimum atomic E-state index is -3.44. The molecule has 0 saturated heterocycles. The Morgan fingerprint density at radius 1 is 1.38 bits per heavy atom. The highest BCUT2D eigenvalue weighted by molar-refractivity contribution is 7.93. The summed E-state index contributed by atoms with van der Waals surface area (Å²) in [5.41, 5.74) is 0.570. The Bertz CT molecular complexity index is 475. The summed E-state index contributed by atoms with van der Waals surface area (Å²) in [5, 5.41) is -0.415. The molecule has 4 nitrogen and oxygen atoms in total. The molecule has 1 heterocycles. The van der Waals surface area contributed by atoms with Gasteiger partial charge in [0.05, 0.1) is 12.3 Å². The average Bonchev–Trinajstić information content (AvgIpc) is 2.51. The number of halogens is 1. The second kappa shape index (κ2) is 4.51. The molecule has 0 amide bonds. The molecule has 0 saturated carbocycles. The number of anilines is 1. The van der Waals surface area contributed by atoms with Gasteiger partial charge in [0.15, 0.2) is 0 Å². The zero-order valence-corrected chi connectivity index (χ0v) is 10.2. The quantitative estimate of drug-likeness (QED) is 0.763. The van der Waals surface area contributed by atoms with Crippen molar-refractivity contribution in [3.8, 4) is 5.75 Å². The highest BCUT2D eigenvalue weighted by Gasteiger charge is 2.25. The SMILES string of the molecule is O=S(=O)(CCl)N1CCCOc2ccccc21. The van der Waals surface area contributed by atoms with Crippen molar-refractivity contribution in [3.63, 3.8) is 0 Å². The first-order chi connectivity index (χ1) is 7.65. The van der Waals surface area contributed by atoms with Crippen LogP contribution < -0.4 is 9.04 Å². The van der Waals surface area contributed by atoms with Crippen LogP contribution in [0, 0.1) is 0 Å². The van der Waals surface area contributed by atoms with E-state index in [0.717, 1.165) is 0 Å². The third kappa shape index (κ3) is 2.10. The minimum absolute atomic E-state index is 0.409. The van der Waals surface area contributed by atoms with Gasteiger partial charge >= 0.3 is 0 Å². The van der Waals surface area contributed by atoms with E-state index in [0.29, 0.717) is 31.0 Å². The summed E-state index contributed by atoms with van der Waals surface area (Å²) in [7, 11) is -3.44. The number of ether oxygens (including phenoxy) is 1. The summed E-state index contributed by atoms with van der Waals surface area (Å²) >= 11 is 5.48.